The van der Waals surface area contributed by atoms with Crippen molar-refractivity contribution in [3.05, 3.63) is 89.0 Å². The average molecular weight is 616 g/mol. The first-order valence-electron chi connectivity index (χ1n) is 13.9. The number of anilines is 1. The van der Waals surface area contributed by atoms with Crippen molar-refractivity contribution >= 4 is 34.3 Å². The van der Waals surface area contributed by atoms with E-state index in [0.29, 0.717) is 37.2 Å². The van der Waals surface area contributed by atoms with Crippen LogP contribution < -0.4 is 10.6 Å². The number of hydrogen-bond acceptors (Lipinski definition) is 8. The summed E-state index contributed by atoms with van der Waals surface area (Å²) >= 11 is 1.27. The maximum absolute atomic E-state index is 13.2. The molecule has 9 nitrogen and oxygen atoms in total. The number of aryl methyl sites for hydroxylation is 3. The van der Waals surface area contributed by atoms with Gasteiger partial charge in [0.05, 0.1) is 0 Å². The molecule has 228 valence electrons. The highest BCUT2D eigenvalue weighted by Gasteiger charge is 2.44. The number of aromatic nitrogens is 2. The van der Waals surface area contributed by atoms with E-state index in [2.05, 4.69) is 25.7 Å². The SMILES string of the molecule is O=C(/C=C/[C@H](CCc1ccccc1)NC(=O)[C@@H]1CCCCN1OC(=O)C(F)(F)F)Nc1nnc(CCc2ccccc2)s1. The number of nitrogens with zero attached hydrogens (tertiary/aromatic N) is 3. The molecule has 0 spiro atoms. The number of piperidine rings is 1. The topological polar surface area (TPSA) is 114 Å². The van der Waals surface area contributed by atoms with Crippen molar-refractivity contribution in [3.63, 3.8) is 0 Å². The number of amides is 2. The van der Waals surface area contributed by atoms with Gasteiger partial charge in [0.2, 0.25) is 16.9 Å². The lowest BCUT2D eigenvalue weighted by molar-refractivity contribution is -0.248. The summed E-state index contributed by atoms with van der Waals surface area (Å²) in [6.07, 6.45) is 1.36. The van der Waals surface area contributed by atoms with Crippen molar-refractivity contribution in [1.29, 1.82) is 0 Å². The van der Waals surface area contributed by atoms with Gasteiger partial charge in [-0.3, -0.25) is 14.9 Å². The molecule has 1 aliphatic heterocycles. The van der Waals surface area contributed by atoms with E-state index >= 15 is 0 Å². The van der Waals surface area contributed by atoms with Crippen molar-refractivity contribution in [2.24, 2.45) is 0 Å². The number of benzene rings is 2. The molecule has 2 aromatic carbocycles. The Morgan fingerprint density at radius 3 is 2.33 bits per heavy atom. The fourth-order valence-corrected chi connectivity index (χ4v) is 5.29. The molecule has 43 heavy (non-hydrogen) atoms. The van der Waals surface area contributed by atoms with Gasteiger partial charge in [0.1, 0.15) is 11.0 Å². The zero-order chi connectivity index (χ0) is 30.7. The van der Waals surface area contributed by atoms with Crippen LogP contribution in [0.2, 0.25) is 0 Å². The first kappa shape index (κ1) is 31.8. The summed E-state index contributed by atoms with van der Waals surface area (Å²) in [4.78, 5) is 41.8. The predicted octanol–water partition coefficient (Wildman–Crippen LogP) is 4.81. The summed E-state index contributed by atoms with van der Waals surface area (Å²) in [7, 11) is 0. The molecule has 1 aromatic heterocycles. The van der Waals surface area contributed by atoms with E-state index in [0.717, 1.165) is 22.1 Å². The quantitative estimate of drug-likeness (QED) is 0.281. The van der Waals surface area contributed by atoms with Crippen molar-refractivity contribution in [2.75, 3.05) is 11.9 Å². The second-order valence-electron chi connectivity index (χ2n) is 10.0. The summed E-state index contributed by atoms with van der Waals surface area (Å²) in [6, 6.07) is 17.8. The van der Waals surface area contributed by atoms with Gasteiger partial charge in [0, 0.05) is 25.1 Å². The van der Waals surface area contributed by atoms with Gasteiger partial charge in [-0.25, -0.2) is 4.79 Å². The molecule has 1 aliphatic rings. The standard InChI is InChI=1S/C30H32F3N5O4S/c31-30(32,33)28(41)42-38-20-8-7-13-24(38)27(40)34-23(16-14-21-9-3-1-4-10-21)17-18-25(39)35-29-37-36-26(43-29)19-15-22-11-5-2-6-12-22/h1-6,9-12,17-18,23-24H,7-8,13-16,19-20H2,(H,34,40)(H,35,37,39)/b18-17+/t23-,24-/m0/s1. The molecular formula is C30H32F3N5O4S. The maximum atomic E-state index is 13.2. The van der Waals surface area contributed by atoms with Crippen LogP contribution in [0.25, 0.3) is 0 Å². The van der Waals surface area contributed by atoms with E-state index in [1.807, 2.05) is 60.7 Å². The minimum absolute atomic E-state index is 0.00200. The lowest BCUT2D eigenvalue weighted by atomic mass is 10.0. The fraction of sp³-hybridized carbons (Fsp3) is 0.367. The van der Waals surface area contributed by atoms with Gasteiger partial charge in [-0.05, 0) is 49.7 Å². The number of nitrogens with one attached hydrogen (secondary N) is 2. The fourth-order valence-electron chi connectivity index (χ4n) is 4.55. The van der Waals surface area contributed by atoms with Crippen molar-refractivity contribution in [1.82, 2.24) is 20.6 Å². The van der Waals surface area contributed by atoms with Crippen LogP contribution in [0.3, 0.4) is 0 Å². The highest BCUT2D eigenvalue weighted by molar-refractivity contribution is 7.15. The zero-order valence-electron chi connectivity index (χ0n) is 23.3. The number of halogens is 3. The smallest absolute Gasteiger partial charge is 0.360 e. The summed E-state index contributed by atoms with van der Waals surface area (Å²) in [6.45, 7) is 0.00200. The first-order chi connectivity index (χ1) is 20.7. The summed E-state index contributed by atoms with van der Waals surface area (Å²) in [5.74, 6) is -3.43. The van der Waals surface area contributed by atoms with E-state index in [1.165, 1.54) is 29.1 Å². The highest BCUT2D eigenvalue weighted by atomic mass is 32.1. The van der Waals surface area contributed by atoms with Crippen molar-refractivity contribution in [3.8, 4) is 0 Å². The van der Waals surface area contributed by atoms with Gasteiger partial charge in [0.15, 0.2) is 0 Å². The molecule has 13 heteroatoms. The molecule has 2 N–H and O–H groups in total. The van der Waals surface area contributed by atoms with Crippen LogP contribution >= 0.6 is 11.3 Å². The normalized spacial score (nSPS) is 16.5. The molecule has 0 radical (unpaired) electrons. The maximum Gasteiger partial charge on any atom is 0.492 e. The Balaban J connectivity index is 1.37. The minimum atomic E-state index is -5.18. The molecule has 2 atom stereocenters. The number of rotatable bonds is 12. The highest BCUT2D eigenvalue weighted by Crippen LogP contribution is 2.23. The Kier molecular flexibility index (Phi) is 11.4. The number of carbonyl (C=O) groups excluding carboxylic acids is 3. The van der Waals surface area contributed by atoms with Crippen LogP contribution in [0.1, 0.15) is 41.8 Å². The molecule has 0 bridgehead atoms. The van der Waals surface area contributed by atoms with Gasteiger partial charge in [-0.15, -0.1) is 15.3 Å². The number of carbonyl (C=O) groups is 3. The molecule has 4 rings (SSSR count). The van der Waals surface area contributed by atoms with Crippen molar-refractivity contribution < 1.29 is 32.4 Å². The molecule has 1 fully saturated rings. The second kappa shape index (κ2) is 15.4. The van der Waals surface area contributed by atoms with Crippen molar-refractivity contribution in [2.45, 2.75) is 63.2 Å². The van der Waals surface area contributed by atoms with E-state index in [-0.39, 0.29) is 13.0 Å². The van der Waals surface area contributed by atoms with Gasteiger partial charge in [-0.2, -0.15) is 13.2 Å². The molecule has 1 saturated heterocycles. The Morgan fingerprint density at radius 2 is 1.65 bits per heavy atom. The van der Waals surface area contributed by atoms with E-state index in [4.69, 9.17) is 0 Å². The van der Waals surface area contributed by atoms with E-state index in [9.17, 15) is 27.6 Å². The van der Waals surface area contributed by atoms with Crippen LogP contribution in [0.4, 0.5) is 18.3 Å². The Morgan fingerprint density at radius 1 is 0.977 bits per heavy atom. The van der Waals surface area contributed by atoms with Crippen LogP contribution in [-0.4, -0.2) is 57.8 Å². The summed E-state index contributed by atoms with van der Waals surface area (Å²) < 4.78 is 38.4. The molecule has 2 heterocycles. The monoisotopic (exact) mass is 615 g/mol. The van der Waals surface area contributed by atoms with Gasteiger partial charge < -0.3 is 10.2 Å². The van der Waals surface area contributed by atoms with Gasteiger partial charge in [0.25, 0.3) is 0 Å². The van der Waals surface area contributed by atoms with E-state index < -0.39 is 36.0 Å². The lowest BCUT2D eigenvalue weighted by Gasteiger charge is -2.33. The van der Waals surface area contributed by atoms with E-state index in [1.54, 1.807) is 0 Å². The van der Waals surface area contributed by atoms with Crippen LogP contribution in [0.15, 0.2) is 72.8 Å². The Labute approximate surface area is 251 Å². The second-order valence-corrected chi connectivity index (χ2v) is 11.1. The number of hydrogen-bond donors (Lipinski definition) is 2. The third kappa shape index (κ3) is 10.3. The number of hydroxylamine groups is 2. The van der Waals surface area contributed by atoms with Gasteiger partial charge >= 0.3 is 12.1 Å². The first-order valence-corrected chi connectivity index (χ1v) is 14.7. The predicted molar refractivity (Wildman–Crippen MR) is 155 cm³/mol. The summed E-state index contributed by atoms with van der Waals surface area (Å²) in [5.41, 5.74) is 2.18. The molecule has 0 saturated carbocycles. The third-order valence-electron chi connectivity index (χ3n) is 6.75. The molecule has 3 aromatic rings. The molecular weight excluding hydrogens is 583 g/mol. The largest absolute Gasteiger partial charge is 0.492 e. The third-order valence-corrected chi connectivity index (χ3v) is 7.65. The number of alkyl halides is 3. The Hall–Kier alpha value is -4.10. The molecule has 0 unspecified atom stereocenters. The van der Waals surface area contributed by atoms with Crippen LogP contribution in [-0.2, 0) is 38.5 Å². The van der Waals surface area contributed by atoms with Gasteiger partial charge in [-0.1, -0.05) is 78.1 Å². The minimum Gasteiger partial charge on any atom is -0.360 e. The lowest BCUT2D eigenvalue weighted by Crippen LogP contribution is -2.53. The van der Waals surface area contributed by atoms with Crippen LogP contribution in [0, 0.1) is 0 Å². The zero-order valence-corrected chi connectivity index (χ0v) is 24.1. The average Bonchev–Trinajstić information content (AvgIpc) is 3.45. The molecule has 0 aliphatic carbocycles. The summed E-state index contributed by atoms with van der Waals surface area (Å²) in [5, 5.41) is 15.6. The Bertz CT molecular complexity index is 1390. The van der Waals surface area contributed by atoms with Crippen LogP contribution in [0.5, 0.6) is 0 Å². The molecule has 2 amide bonds.